The Morgan fingerprint density at radius 1 is 1.26 bits per heavy atom. The van der Waals surface area contributed by atoms with E-state index in [1.165, 1.54) is 6.92 Å². The molecule has 168 valence electrons. The van der Waals surface area contributed by atoms with Gasteiger partial charge in [-0.15, -0.1) is 0 Å². The SMILES string of the molecule is CC(=O)OCC(=C=O)C[C@H]1O[C@@H](CC2OCCCC2=O)C(O)[C@H]1OCc1ccccc1. The standard InChI is InChI=1S/C23H28O8/c1-15(25)29-14-17(12-24)10-21-23(30-13-16-6-3-2-4-7-16)22(27)20(31-21)11-19-18(26)8-5-9-28-19/h2-4,6-7,19-23,27H,5,8-11,13-14H2,1H3/t19?,20-,21+,22?,23-/m0/s1. The van der Waals surface area contributed by atoms with Crippen molar-refractivity contribution < 1.29 is 38.4 Å². The van der Waals surface area contributed by atoms with Gasteiger partial charge in [-0.25, -0.2) is 4.79 Å². The van der Waals surface area contributed by atoms with Crippen LogP contribution >= 0.6 is 0 Å². The molecular formula is C23H28O8. The van der Waals surface area contributed by atoms with Crippen molar-refractivity contribution in [2.75, 3.05) is 13.2 Å². The number of carbonyl (C=O) groups excluding carboxylic acids is 3. The van der Waals surface area contributed by atoms with E-state index in [1.54, 1.807) is 5.94 Å². The number of hydrogen-bond acceptors (Lipinski definition) is 8. The number of Topliss-reactive ketones (excluding diaryl/α,β-unsaturated/α-hetero) is 1. The molecule has 0 spiro atoms. The molecule has 1 aromatic rings. The van der Waals surface area contributed by atoms with Gasteiger partial charge in [0.15, 0.2) is 5.78 Å². The van der Waals surface area contributed by atoms with Gasteiger partial charge in [0, 0.05) is 32.8 Å². The fourth-order valence-electron chi connectivity index (χ4n) is 3.84. The monoisotopic (exact) mass is 432 g/mol. The summed E-state index contributed by atoms with van der Waals surface area (Å²) < 4.78 is 22.5. The van der Waals surface area contributed by atoms with Gasteiger partial charge in [-0.2, -0.15) is 0 Å². The highest BCUT2D eigenvalue weighted by Gasteiger charge is 2.46. The Morgan fingerprint density at radius 3 is 2.71 bits per heavy atom. The van der Waals surface area contributed by atoms with Crippen LogP contribution < -0.4 is 0 Å². The first-order chi connectivity index (χ1) is 15.0. The van der Waals surface area contributed by atoms with Gasteiger partial charge in [-0.05, 0) is 12.0 Å². The molecule has 3 rings (SSSR count). The maximum Gasteiger partial charge on any atom is 0.302 e. The molecule has 0 aliphatic carbocycles. The highest BCUT2D eigenvalue weighted by Crippen LogP contribution is 2.32. The molecule has 0 bridgehead atoms. The molecule has 8 nitrogen and oxygen atoms in total. The van der Waals surface area contributed by atoms with Gasteiger partial charge in [0.1, 0.15) is 30.9 Å². The lowest BCUT2D eigenvalue weighted by molar-refractivity contribution is -0.140. The second-order valence-corrected chi connectivity index (χ2v) is 7.82. The fourth-order valence-corrected chi connectivity index (χ4v) is 3.84. The topological polar surface area (TPSA) is 108 Å². The largest absolute Gasteiger partial charge is 0.461 e. The lowest BCUT2D eigenvalue weighted by atomic mass is 9.96. The molecule has 31 heavy (non-hydrogen) atoms. The first-order valence-corrected chi connectivity index (χ1v) is 10.5. The van der Waals surface area contributed by atoms with E-state index in [2.05, 4.69) is 0 Å². The Balaban J connectivity index is 1.69. The van der Waals surface area contributed by atoms with E-state index >= 15 is 0 Å². The van der Waals surface area contributed by atoms with Crippen LogP contribution in [0.3, 0.4) is 0 Å². The molecule has 2 unspecified atom stereocenters. The van der Waals surface area contributed by atoms with E-state index in [0.29, 0.717) is 19.4 Å². The summed E-state index contributed by atoms with van der Waals surface area (Å²) in [5, 5.41) is 10.9. The minimum atomic E-state index is -1.01. The van der Waals surface area contributed by atoms with Crippen LogP contribution in [0, 0.1) is 0 Å². The van der Waals surface area contributed by atoms with E-state index in [4.69, 9.17) is 18.9 Å². The molecule has 5 atom stereocenters. The van der Waals surface area contributed by atoms with Gasteiger partial charge in [0.05, 0.1) is 24.4 Å². The normalized spacial score (nSPS) is 28.2. The molecule has 0 radical (unpaired) electrons. The van der Waals surface area contributed by atoms with Gasteiger partial charge < -0.3 is 24.1 Å². The quantitative estimate of drug-likeness (QED) is 0.463. The zero-order chi connectivity index (χ0) is 22.2. The van der Waals surface area contributed by atoms with Crippen LogP contribution in [0.1, 0.15) is 38.2 Å². The molecule has 2 fully saturated rings. The predicted octanol–water partition coefficient (Wildman–Crippen LogP) is 1.55. The average molecular weight is 432 g/mol. The maximum absolute atomic E-state index is 12.1. The maximum atomic E-state index is 12.1. The van der Waals surface area contributed by atoms with E-state index in [1.807, 2.05) is 30.3 Å². The van der Waals surface area contributed by atoms with Crippen LogP contribution in [0.5, 0.6) is 0 Å². The molecule has 2 saturated heterocycles. The van der Waals surface area contributed by atoms with Crippen molar-refractivity contribution in [2.24, 2.45) is 0 Å². The third kappa shape index (κ3) is 6.56. The highest BCUT2D eigenvalue weighted by atomic mass is 16.6. The Hall–Kier alpha value is -2.35. The first-order valence-electron chi connectivity index (χ1n) is 10.5. The van der Waals surface area contributed by atoms with E-state index in [-0.39, 0.29) is 37.4 Å². The zero-order valence-corrected chi connectivity index (χ0v) is 17.5. The van der Waals surface area contributed by atoms with Crippen molar-refractivity contribution in [2.45, 2.75) is 69.7 Å². The van der Waals surface area contributed by atoms with Crippen LogP contribution in [0.25, 0.3) is 0 Å². The van der Waals surface area contributed by atoms with Gasteiger partial charge in [0.25, 0.3) is 0 Å². The highest BCUT2D eigenvalue weighted by molar-refractivity contribution is 5.83. The molecule has 2 aliphatic rings. The number of carbonyl (C=O) groups is 2. The van der Waals surface area contributed by atoms with Crippen molar-refractivity contribution in [3.05, 3.63) is 41.5 Å². The van der Waals surface area contributed by atoms with Crippen LogP contribution in [0.15, 0.2) is 35.9 Å². The van der Waals surface area contributed by atoms with Crippen molar-refractivity contribution in [1.82, 2.24) is 0 Å². The molecule has 0 aromatic heterocycles. The van der Waals surface area contributed by atoms with E-state index in [0.717, 1.165) is 5.56 Å². The predicted molar refractivity (Wildman–Crippen MR) is 109 cm³/mol. The molecule has 0 saturated carbocycles. The molecule has 2 aliphatic heterocycles. The second kappa shape index (κ2) is 11.3. The number of esters is 1. The number of aliphatic hydroxyl groups is 1. The lowest BCUT2D eigenvalue weighted by Gasteiger charge is -2.25. The minimum absolute atomic E-state index is 0.00408. The summed E-state index contributed by atoms with van der Waals surface area (Å²) in [7, 11) is 0. The summed E-state index contributed by atoms with van der Waals surface area (Å²) in [6, 6.07) is 9.48. The van der Waals surface area contributed by atoms with Gasteiger partial charge in [-0.3, -0.25) is 9.59 Å². The van der Waals surface area contributed by atoms with Crippen molar-refractivity contribution in [1.29, 1.82) is 0 Å². The van der Waals surface area contributed by atoms with Gasteiger partial charge >= 0.3 is 5.97 Å². The summed E-state index contributed by atoms with van der Waals surface area (Å²) in [6.07, 6.45) is -2.25. The minimum Gasteiger partial charge on any atom is -0.461 e. The molecule has 0 amide bonds. The number of aliphatic hydroxyl groups excluding tert-OH is 1. The Kier molecular flexibility index (Phi) is 8.51. The third-order valence-corrected chi connectivity index (χ3v) is 5.45. The average Bonchev–Trinajstić information content (AvgIpc) is 3.05. The van der Waals surface area contributed by atoms with Crippen LogP contribution in [0.4, 0.5) is 0 Å². The van der Waals surface area contributed by atoms with Crippen LogP contribution in [0.2, 0.25) is 0 Å². The molecule has 1 aromatic carbocycles. The Bertz CT molecular complexity index is 801. The zero-order valence-electron chi connectivity index (χ0n) is 17.5. The van der Waals surface area contributed by atoms with Crippen LogP contribution in [-0.4, -0.2) is 66.5 Å². The number of ether oxygens (including phenoxy) is 4. The van der Waals surface area contributed by atoms with Crippen molar-refractivity contribution >= 4 is 17.7 Å². The molecule has 8 heteroatoms. The van der Waals surface area contributed by atoms with Gasteiger partial charge in [0.2, 0.25) is 0 Å². The lowest BCUT2D eigenvalue weighted by Crippen LogP contribution is -2.39. The fraction of sp³-hybridized carbons (Fsp3) is 0.565. The molecule has 2 heterocycles. The number of ketones is 1. The van der Waals surface area contributed by atoms with E-state index in [9.17, 15) is 19.5 Å². The van der Waals surface area contributed by atoms with Gasteiger partial charge in [-0.1, -0.05) is 30.3 Å². The number of benzene rings is 1. The third-order valence-electron chi connectivity index (χ3n) is 5.45. The summed E-state index contributed by atoms with van der Waals surface area (Å²) in [5.74, 6) is 1.27. The van der Waals surface area contributed by atoms with E-state index < -0.39 is 36.5 Å². The molecule has 1 N–H and O–H groups in total. The number of rotatable bonds is 9. The summed E-state index contributed by atoms with van der Waals surface area (Å²) in [6.45, 7) is 1.80. The molecular weight excluding hydrogens is 404 g/mol. The Labute approximate surface area is 181 Å². The van der Waals surface area contributed by atoms with Crippen molar-refractivity contribution in [3.63, 3.8) is 0 Å². The second-order valence-electron chi connectivity index (χ2n) is 7.82. The summed E-state index contributed by atoms with van der Waals surface area (Å²) in [4.78, 5) is 34.5. The first kappa shape index (κ1) is 23.3. The Morgan fingerprint density at radius 2 is 2.03 bits per heavy atom. The summed E-state index contributed by atoms with van der Waals surface area (Å²) >= 11 is 0. The summed E-state index contributed by atoms with van der Waals surface area (Å²) in [5.41, 5.74) is 1.13. The smallest absolute Gasteiger partial charge is 0.302 e. The van der Waals surface area contributed by atoms with Crippen LogP contribution in [-0.2, 0) is 39.9 Å². The van der Waals surface area contributed by atoms with Crippen molar-refractivity contribution in [3.8, 4) is 0 Å². The number of hydrogen-bond donors (Lipinski definition) is 1.